The molecule has 0 spiro atoms. The highest BCUT2D eigenvalue weighted by Gasteiger charge is 2.19. The van der Waals surface area contributed by atoms with E-state index in [4.69, 9.17) is 4.74 Å². The third-order valence-corrected chi connectivity index (χ3v) is 4.71. The Balaban J connectivity index is 1.91. The van der Waals surface area contributed by atoms with Crippen molar-refractivity contribution in [3.63, 3.8) is 0 Å². The van der Waals surface area contributed by atoms with E-state index in [0.29, 0.717) is 22.8 Å². The molecule has 3 N–H and O–H groups in total. The summed E-state index contributed by atoms with van der Waals surface area (Å²) < 4.78 is 6.00. The summed E-state index contributed by atoms with van der Waals surface area (Å²) in [5.41, 5.74) is 1.89. The SMILES string of the molecule is COCC(Nc1nc(C(=O)NC[C@@H](C)O)c2sccc2n1)c1cccnc1. The largest absolute Gasteiger partial charge is 0.392 e. The number of nitrogens with one attached hydrogen (secondary N) is 2. The number of pyridine rings is 1. The molecular formula is C18H21N5O3S. The molecule has 3 rings (SSSR count). The molecule has 0 aromatic carbocycles. The van der Waals surface area contributed by atoms with E-state index in [-0.39, 0.29) is 24.2 Å². The minimum absolute atomic E-state index is 0.153. The van der Waals surface area contributed by atoms with Crippen molar-refractivity contribution in [2.45, 2.75) is 19.1 Å². The molecule has 0 saturated carbocycles. The van der Waals surface area contributed by atoms with Crippen molar-refractivity contribution >= 4 is 33.4 Å². The zero-order valence-electron chi connectivity index (χ0n) is 15.0. The van der Waals surface area contributed by atoms with Crippen LogP contribution in [0.3, 0.4) is 0 Å². The molecular weight excluding hydrogens is 366 g/mol. The summed E-state index contributed by atoms with van der Waals surface area (Å²) in [4.78, 5) is 25.6. The van der Waals surface area contributed by atoms with Gasteiger partial charge in [0.1, 0.15) is 0 Å². The zero-order chi connectivity index (χ0) is 19.2. The van der Waals surface area contributed by atoms with Gasteiger partial charge in [0.25, 0.3) is 5.91 Å². The van der Waals surface area contributed by atoms with Gasteiger partial charge >= 0.3 is 0 Å². The lowest BCUT2D eigenvalue weighted by molar-refractivity contribution is 0.0921. The van der Waals surface area contributed by atoms with Crippen molar-refractivity contribution in [3.8, 4) is 0 Å². The van der Waals surface area contributed by atoms with Crippen LogP contribution >= 0.6 is 11.3 Å². The molecule has 8 nitrogen and oxygen atoms in total. The minimum atomic E-state index is -0.635. The second-order valence-electron chi connectivity index (χ2n) is 6.03. The fraction of sp³-hybridized carbons (Fsp3) is 0.333. The summed E-state index contributed by atoms with van der Waals surface area (Å²) in [6, 6.07) is 5.40. The zero-order valence-corrected chi connectivity index (χ0v) is 15.9. The molecule has 0 aliphatic heterocycles. The van der Waals surface area contributed by atoms with Gasteiger partial charge in [-0.05, 0) is 30.0 Å². The van der Waals surface area contributed by atoms with Crippen LogP contribution in [0.1, 0.15) is 29.0 Å². The molecule has 1 unspecified atom stereocenters. The fourth-order valence-electron chi connectivity index (χ4n) is 2.53. The average Bonchev–Trinajstić information content (AvgIpc) is 3.14. The molecule has 0 radical (unpaired) electrons. The monoisotopic (exact) mass is 387 g/mol. The average molecular weight is 387 g/mol. The molecule has 0 saturated heterocycles. The highest BCUT2D eigenvalue weighted by atomic mass is 32.1. The normalized spacial score (nSPS) is 13.3. The number of aliphatic hydroxyl groups is 1. The van der Waals surface area contributed by atoms with E-state index in [1.807, 2.05) is 23.6 Å². The number of rotatable bonds is 8. The number of hydrogen-bond acceptors (Lipinski definition) is 8. The number of nitrogens with zero attached hydrogens (tertiary/aromatic N) is 3. The van der Waals surface area contributed by atoms with E-state index in [1.165, 1.54) is 11.3 Å². The van der Waals surface area contributed by atoms with E-state index >= 15 is 0 Å². The number of hydrogen-bond donors (Lipinski definition) is 3. The summed E-state index contributed by atoms with van der Waals surface area (Å²) in [6.45, 7) is 2.15. The molecule has 0 bridgehead atoms. The standard InChI is InChI=1S/C18H21N5O3S/c1-11(24)8-20-17(25)15-16-13(5-7-27-16)21-18(23-15)22-14(10-26-2)12-4-3-6-19-9-12/h3-7,9,11,14,24H,8,10H2,1-2H3,(H,20,25)(H,21,22,23)/t11-,14?/m1/s1. The third kappa shape index (κ3) is 4.76. The summed E-state index contributed by atoms with van der Waals surface area (Å²) in [7, 11) is 1.61. The maximum Gasteiger partial charge on any atom is 0.271 e. The van der Waals surface area contributed by atoms with Gasteiger partial charge in [0.2, 0.25) is 5.95 Å². The second kappa shape index (κ2) is 8.85. The van der Waals surface area contributed by atoms with Crippen LogP contribution in [0.2, 0.25) is 0 Å². The summed E-state index contributed by atoms with van der Waals surface area (Å²) in [5.74, 6) is -0.0209. The molecule has 0 fully saturated rings. The number of carbonyl (C=O) groups is 1. The van der Waals surface area contributed by atoms with E-state index in [0.717, 1.165) is 5.56 Å². The first-order valence-electron chi connectivity index (χ1n) is 8.45. The van der Waals surface area contributed by atoms with Gasteiger partial charge in [-0.25, -0.2) is 9.97 Å². The van der Waals surface area contributed by atoms with E-state index in [2.05, 4.69) is 25.6 Å². The number of thiophene rings is 1. The van der Waals surface area contributed by atoms with Gasteiger partial charge in [-0.1, -0.05) is 6.07 Å². The van der Waals surface area contributed by atoms with Crippen molar-refractivity contribution in [1.82, 2.24) is 20.3 Å². The molecule has 0 aliphatic rings. The van der Waals surface area contributed by atoms with Crippen molar-refractivity contribution in [2.24, 2.45) is 0 Å². The maximum atomic E-state index is 12.5. The Labute approximate surface area is 160 Å². The van der Waals surface area contributed by atoms with Crippen molar-refractivity contribution in [1.29, 1.82) is 0 Å². The molecule has 142 valence electrons. The molecule has 9 heteroatoms. The van der Waals surface area contributed by atoms with Gasteiger partial charge in [-0.15, -0.1) is 11.3 Å². The molecule has 3 heterocycles. The lowest BCUT2D eigenvalue weighted by Gasteiger charge is -2.18. The molecule has 2 atom stereocenters. The Morgan fingerprint density at radius 1 is 1.37 bits per heavy atom. The third-order valence-electron chi connectivity index (χ3n) is 3.80. The minimum Gasteiger partial charge on any atom is -0.392 e. The Hall–Kier alpha value is -2.62. The Kier molecular flexibility index (Phi) is 6.28. The lowest BCUT2D eigenvalue weighted by Crippen LogP contribution is -2.31. The van der Waals surface area contributed by atoms with Crippen molar-refractivity contribution in [3.05, 3.63) is 47.2 Å². The smallest absolute Gasteiger partial charge is 0.271 e. The van der Waals surface area contributed by atoms with E-state index in [9.17, 15) is 9.90 Å². The van der Waals surface area contributed by atoms with Crippen LogP contribution < -0.4 is 10.6 Å². The van der Waals surface area contributed by atoms with Crippen LogP contribution in [0.5, 0.6) is 0 Å². The first-order chi connectivity index (χ1) is 13.1. The quantitative estimate of drug-likeness (QED) is 0.542. The molecule has 3 aromatic rings. The van der Waals surface area contributed by atoms with Crippen molar-refractivity contribution < 1.29 is 14.6 Å². The Morgan fingerprint density at radius 3 is 2.93 bits per heavy atom. The van der Waals surface area contributed by atoms with E-state index < -0.39 is 6.10 Å². The second-order valence-corrected chi connectivity index (χ2v) is 6.94. The highest BCUT2D eigenvalue weighted by molar-refractivity contribution is 7.17. The summed E-state index contributed by atoms with van der Waals surface area (Å²) >= 11 is 1.40. The topological polar surface area (TPSA) is 109 Å². The number of aliphatic hydroxyl groups excluding tert-OH is 1. The number of fused-ring (bicyclic) bond motifs is 1. The lowest BCUT2D eigenvalue weighted by atomic mass is 10.1. The number of amides is 1. The number of ether oxygens (including phenoxy) is 1. The van der Waals surface area contributed by atoms with Crippen LogP contribution in [0.15, 0.2) is 36.0 Å². The first-order valence-corrected chi connectivity index (χ1v) is 9.33. The molecule has 0 aliphatic carbocycles. The van der Waals surface area contributed by atoms with Crippen LogP contribution in [-0.2, 0) is 4.74 Å². The van der Waals surface area contributed by atoms with E-state index in [1.54, 1.807) is 26.4 Å². The van der Waals surface area contributed by atoms with Crippen LogP contribution in [0.25, 0.3) is 10.2 Å². The van der Waals surface area contributed by atoms with Crippen LogP contribution in [0.4, 0.5) is 5.95 Å². The van der Waals surface area contributed by atoms with Crippen LogP contribution in [0, 0.1) is 0 Å². The van der Waals surface area contributed by atoms with Crippen LogP contribution in [-0.4, -0.2) is 52.3 Å². The predicted octanol–water partition coefficient (Wildman–Crippen LogP) is 2.00. The fourth-order valence-corrected chi connectivity index (χ4v) is 3.35. The van der Waals surface area contributed by atoms with Gasteiger partial charge in [0, 0.05) is 26.0 Å². The van der Waals surface area contributed by atoms with Gasteiger partial charge in [-0.3, -0.25) is 9.78 Å². The van der Waals surface area contributed by atoms with Gasteiger partial charge in [0.15, 0.2) is 5.69 Å². The molecule has 1 amide bonds. The number of carbonyl (C=O) groups excluding carboxylic acids is 1. The first kappa shape index (κ1) is 19.2. The molecule has 3 aromatic heterocycles. The van der Waals surface area contributed by atoms with Gasteiger partial charge in [0.05, 0.1) is 29.0 Å². The predicted molar refractivity (Wildman–Crippen MR) is 104 cm³/mol. The number of aromatic nitrogens is 3. The highest BCUT2D eigenvalue weighted by Crippen LogP contribution is 2.25. The summed E-state index contributed by atoms with van der Waals surface area (Å²) in [6.07, 6.45) is 2.81. The summed E-state index contributed by atoms with van der Waals surface area (Å²) in [5, 5.41) is 17.2. The van der Waals surface area contributed by atoms with Crippen molar-refractivity contribution in [2.75, 3.05) is 25.6 Å². The molecule has 27 heavy (non-hydrogen) atoms. The van der Waals surface area contributed by atoms with Gasteiger partial charge < -0.3 is 20.5 Å². The maximum absolute atomic E-state index is 12.5. The Morgan fingerprint density at radius 2 is 2.22 bits per heavy atom. The number of anilines is 1. The Bertz CT molecular complexity index is 900. The number of methoxy groups -OCH3 is 1. The van der Waals surface area contributed by atoms with Gasteiger partial charge in [-0.2, -0.15) is 0 Å².